The van der Waals surface area contributed by atoms with Gasteiger partial charge in [0.2, 0.25) is 11.8 Å². The minimum Gasteiger partial charge on any atom is -0.459 e. The number of carbonyl (C=O) groups is 4. The van der Waals surface area contributed by atoms with Crippen molar-refractivity contribution in [3.8, 4) is 0 Å². The van der Waals surface area contributed by atoms with Gasteiger partial charge in [0.25, 0.3) is 0 Å². The Bertz CT molecular complexity index is 692. The lowest BCUT2D eigenvalue weighted by Gasteiger charge is -1.92. The van der Waals surface area contributed by atoms with Gasteiger partial charge in [-0.2, -0.15) is 0 Å². The van der Waals surface area contributed by atoms with Crippen LogP contribution >= 0.6 is 0 Å². The highest BCUT2D eigenvalue weighted by atomic mass is 16.3. The Hall–Kier alpha value is -3.16. The van der Waals surface area contributed by atoms with Crippen LogP contribution in [0.15, 0.2) is 33.5 Å². The second kappa shape index (κ2) is 8.47. The van der Waals surface area contributed by atoms with Gasteiger partial charge in [-0.1, -0.05) is 0 Å². The van der Waals surface area contributed by atoms with E-state index in [1.807, 2.05) is 0 Å². The van der Waals surface area contributed by atoms with Crippen LogP contribution in [0.4, 0.5) is 11.4 Å². The zero-order chi connectivity index (χ0) is 18.3. The van der Waals surface area contributed by atoms with Gasteiger partial charge < -0.3 is 19.5 Å². The van der Waals surface area contributed by atoms with Crippen molar-refractivity contribution in [3.63, 3.8) is 0 Å². The minimum absolute atomic E-state index is 0.161. The van der Waals surface area contributed by atoms with Gasteiger partial charge in [0, 0.05) is 39.8 Å². The molecular weight excluding hydrogens is 316 g/mol. The zero-order valence-electron chi connectivity index (χ0n) is 13.8. The molecule has 0 aliphatic heterocycles. The predicted octanol–water partition coefficient (Wildman–Crippen LogP) is 2.88. The van der Waals surface area contributed by atoms with Gasteiger partial charge in [0.1, 0.15) is 12.5 Å². The van der Waals surface area contributed by atoms with Crippen molar-refractivity contribution in [2.45, 2.75) is 27.7 Å². The van der Waals surface area contributed by atoms with E-state index in [9.17, 15) is 19.2 Å². The molecule has 8 heteroatoms. The van der Waals surface area contributed by atoms with E-state index in [4.69, 9.17) is 8.83 Å². The van der Waals surface area contributed by atoms with Crippen LogP contribution in [-0.4, -0.2) is 23.4 Å². The number of amides is 2. The van der Waals surface area contributed by atoms with Crippen molar-refractivity contribution in [3.05, 3.63) is 36.2 Å². The molecule has 2 N–H and O–H groups in total. The summed E-state index contributed by atoms with van der Waals surface area (Å²) >= 11 is 0. The summed E-state index contributed by atoms with van der Waals surface area (Å²) in [6, 6.07) is 2.98. The normalized spacial score (nSPS) is 9.50. The third-order valence-corrected chi connectivity index (χ3v) is 2.53. The Morgan fingerprint density at radius 2 is 1.04 bits per heavy atom. The lowest BCUT2D eigenvalue weighted by atomic mass is 10.3. The first-order valence-corrected chi connectivity index (χ1v) is 6.93. The standard InChI is InChI=1S/2C8H9NO3/c2*1-5(10)8-3-7(4-12-8)9-6(2)11/h2*3-4H,1-2H3,(H,9,11). The molecule has 2 aromatic rings. The number of furan rings is 2. The second-order valence-electron chi connectivity index (χ2n) is 4.87. The van der Waals surface area contributed by atoms with Crippen molar-refractivity contribution in [1.82, 2.24) is 0 Å². The predicted molar refractivity (Wildman–Crippen MR) is 86.0 cm³/mol. The number of rotatable bonds is 4. The molecule has 24 heavy (non-hydrogen) atoms. The van der Waals surface area contributed by atoms with E-state index >= 15 is 0 Å². The highest BCUT2D eigenvalue weighted by Gasteiger charge is 2.06. The Balaban J connectivity index is 0.000000240. The molecule has 0 radical (unpaired) electrons. The van der Waals surface area contributed by atoms with Gasteiger partial charge in [-0.15, -0.1) is 0 Å². The molecule has 0 saturated heterocycles. The van der Waals surface area contributed by atoms with E-state index in [0.717, 1.165) is 0 Å². The van der Waals surface area contributed by atoms with Crippen LogP contribution in [0.2, 0.25) is 0 Å². The maximum absolute atomic E-state index is 10.7. The highest BCUT2D eigenvalue weighted by Crippen LogP contribution is 2.13. The maximum Gasteiger partial charge on any atom is 0.221 e. The minimum atomic E-state index is -0.189. The lowest BCUT2D eigenvalue weighted by molar-refractivity contribution is -0.115. The van der Waals surface area contributed by atoms with Crippen molar-refractivity contribution in [2.24, 2.45) is 0 Å². The van der Waals surface area contributed by atoms with Gasteiger partial charge in [0.15, 0.2) is 23.1 Å². The fourth-order valence-corrected chi connectivity index (χ4v) is 1.58. The van der Waals surface area contributed by atoms with Crippen LogP contribution in [0.5, 0.6) is 0 Å². The fraction of sp³-hybridized carbons (Fsp3) is 0.250. The molecule has 0 unspecified atom stereocenters. The molecule has 2 amide bonds. The van der Waals surface area contributed by atoms with Crippen LogP contribution in [0, 0.1) is 0 Å². The lowest BCUT2D eigenvalue weighted by Crippen LogP contribution is -2.04. The van der Waals surface area contributed by atoms with Gasteiger partial charge in [-0.25, -0.2) is 0 Å². The van der Waals surface area contributed by atoms with Gasteiger partial charge >= 0.3 is 0 Å². The molecule has 0 bridgehead atoms. The topological polar surface area (TPSA) is 119 Å². The van der Waals surface area contributed by atoms with Crippen LogP contribution in [-0.2, 0) is 9.59 Å². The second-order valence-corrected chi connectivity index (χ2v) is 4.87. The third-order valence-electron chi connectivity index (χ3n) is 2.53. The summed E-state index contributed by atoms with van der Waals surface area (Å²) in [6.07, 6.45) is 2.66. The molecule has 8 nitrogen and oxygen atoms in total. The van der Waals surface area contributed by atoms with E-state index < -0.39 is 0 Å². The Labute approximate surface area is 138 Å². The number of nitrogens with one attached hydrogen (secondary N) is 2. The van der Waals surface area contributed by atoms with E-state index in [0.29, 0.717) is 11.4 Å². The summed E-state index contributed by atoms with van der Waals surface area (Å²) in [4.78, 5) is 42.6. The summed E-state index contributed by atoms with van der Waals surface area (Å²) in [5, 5.41) is 4.99. The first-order chi connectivity index (χ1) is 11.2. The Morgan fingerprint density at radius 1 is 0.708 bits per heavy atom. The van der Waals surface area contributed by atoms with Crippen LogP contribution in [0.1, 0.15) is 48.8 Å². The van der Waals surface area contributed by atoms with Crippen LogP contribution in [0.25, 0.3) is 0 Å². The van der Waals surface area contributed by atoms with Gasteiger partial charge in [-0.05, 0) is 0 Å². The fourth-order valence-electron chi connectivity index (χ4n) is 1.58. The van der Waals surface area contributed by atoms with Gasteiger partial charge in [-0.3, -0.25) is 19.2 Å². The molecule has 2 heterocycles. The van der Waals surface area contributed by atoms with Crippen molar-refractivity contribution in [1.29, 1.82) is 0 Å². The average molecular weight is 334 g/mol. The Morgan fingerprint density at radius 3 is 1.25 bits per heavy atom. The molecule has 2 aromatic heterocycles. The Kier molecular flexibility index (Phi) is 6.66. The van der Waals surface area contributed by atoms with Crippen molar-refractivity contribution >= 4 is 34.8 Å². The molecule has 0 atom stereocenters. The van der Waals surface area contributed by atoms with Crippen LogP contribution in [0.3, 0.4) is 0 Å². The molecular formula is C16H18N2O6. The smallest absolute Gasteiger partial charge is 0.221 e. The molecule has 2 rings (SSSR count). The van der Waals surface area contributed by atoms with E-state index in [1.165, 1.54) is 52.4 Å². The number of ketones is 2. The number of anilines is 2. The molecule has 0 aromatic carbocycles. The molecule has 0 aliphatic rings. The number of hydrogen-bond acceptors (Lipinski definition) is 6. The summed E-state index contributed by atoms with van der Waals surface area (Å²) in [5.74, 6) is -0.201. The van der Waals surface area contributed by atoms with E-state index in [2.05, 4.69) is 10.6 Å². The van der Waals surface area contributed by atoms with Crippen LogP contribution < -0.4 is 10.6 Å². The maximum atomic E-state index is 10.7. The summed E-state index contributed by atoms with van der Waals surface area (Å²) in [5.41, 5.74) is 1.01. The highest BCUT2D eigenvalue weighted by molar-refractivity contribution is 5.95. The average Bonchev–Trinajstić information content (AvgIpc) is 3.07. The molecule has 0 spiro atoms. The SMILES string of the molecule is CC(=O)Nc1coc(C(C)=O)c1.CC(=O)Nc1coc(C(C)=O)c1. The first-order valence-electron chi connectivity index (χ1n) is 6.93. The molecule has 0 aliphatic carbocycles. The van der Waals surface area contributed by atoms with E-state index in [-0.39, 0.29) is 34.9 Å². The summed E-state index contributed by atoms with van der Waals surface area (Å²) in [6.45, 7) is 5.58. The first kappa shape index (κ1) is 18.9. The van der Waals surface area contributed by atoms with Gasteiger partial charge in [0.05, 0.1) is 11.4 Å². The quantitative estimate of drug-likeness (QED) is 0.830. The zero-order valence-corrected chi connectivity index (χ0v) is 13.8. The molecule has 0 saturated carbocycles. The number of hydrogen-bond donors (Lipinski definition) is 2. The van der Waals surface area contributed by atoms with E-state index in [1.54, 1.807) is 0 Å². The van der Waals surface area contributed by atoms with Crippen molar-refractivity contribution < 1.29 is 28.0 Å². The number of carbonyl (C=O) groups excluding carboxylic acids is 4. The number of Topliss-reactive ketones (excluding diaryl/α,β-unsaturated/α-hetero) is 2. The monoisotopic (exact) mass is 334 g/mol. The summed E-state index contributed by atoms with van der Waals surface area (Å²) < 4.78 is 9.73. The third kappa shape index (κ3) is 6.30. The molecule has 128 valence electrons. The van der Waals surface area contributed by atoms with Crippen molar-refractivity contribution in [2.75, 3.05) is 10.6 Å². The summed E-state index contributed by atoms with van der Waals surface area (Å²) in [7, 11) is 0. The molecule has 0 fully saturated rings. The largest absolute Gasteiger partial charge is 0.459 e.